The van der Waals surface area contributed by atoms with Crippen molar-refractivity contribution in [2.24, 2.45) is 0 Å². The van der Waals surface area contributed by atoms with Crippen LogP contribution >= 0.6 is 0 Å². The van der Waals surface area contributed by atoms with Gasteiger partial charge < -0.3 is 10.1 Å². The summed E-state index contributed by atoms with van der Waals surface area (Å²) in [6.45, 7) is 3.41. The van der Waals surface area contributed by atoms with Gasteiger partial charge >= 0.3 is 5.97 Å². The highest BCUT2D eigenvalue weighted by Crippen LogP contribution is 2.18. The highest BCUT2D eigenvalue weighted by Gasteiger charge is 2.23. The molecule has 0 amide bonds. The maximum absolute atomic E-state index is 11.6. The van der Waals surface area contributed by atoms with Gasteiger partial charge in [0.05, 0.1) is 12.8 Å². The molecule has 1 aliphatic rings. The molecule has 0 unspecified atom stereocenters. The summed E-state index contributed by atoms with van der Waals surface area (Å²) in [4.78, 5) is 20.3. The molecule has 0 fully saturated rings. The monoisotopic (exact) mass is 221 g/mol. The first-order valence-electron chi connectivity index (χ1n) is 5.44. The van der Waals surface area contributed by atoms with Gasteiger partial charge in [0.25, 0.3) is 0 Å². The number of hydrogen-bond acceptors (Lipinski definition) is 5. The molecule has 0 radical (unpaired) electrons. The SMILES string of the molecule is CCCc1nc2c(c(C(=O)OC)n1)CNC2. The van der Waals surface area contributed by atoms with E-state index >= 15 is 0 Å². The van der Waals surface area contributed by atoms with Gasteiger partial charge in [-0.25, -0.2) is 14.8 Å². The maximum atomic E-state index is 11.6. The summed E-state index contributed by atoms with van der Waals surface area (Å²) in [5, 5.41) is 3.17. The lowest BCUT2D eigenvalue weighted by Gasteiger charge is -2.07. The zero-order valence-electron chi connectivity index (χ0n) is 9.54. The lowest BCUT2D eigenvalue weighted by Crippen LogP contribution is -2.13. The molecule has 1 aromatic rings. The van der Waals surface area contributed by atoms with Crippen molar-refractivity contribution in [1.82, 2.24) is 15.3 Å². The number of aryl methyl sites for hydroxylation is 1. The average molecular weight is 221 g/mol. The Morgan fingerprint density at radius 1 is 1.44 bits per heavy atom. The van der Waals surface area contributed by atoms with Gasteiger partial charge in [-0.2, -0.15) is 0 Å². The first-order chi connectivity index (χ1) is 7.76. The van der Waals surface area contributed by atoms with Gasteiger partial charge in [-0.05, 0) is 6.42 Å². The first-order valence-corrected chi connectivity index (χ1v) is 5.44. The molecule has 0 aromatic carbocycles. The van der Waals surface area contributed by atoms with Crippen LogP contribution in [-0.2, 0) is 24.2 Å². The Kier molecular flexibility index (Phi) is 3.14. The van der Waals surface area contributed by atoms with E-state index in [-0.39, 0.29) is 5.97 Å². The fourth-order valence-corrected chi connectivity index (χ4v) is 1.82. The quantitative estimate of drug-likeness (QED) is 0.765. The molecule has 5 nitrogen and oxygen atoms in total. The van der Waals surface area contributed by atoms with Crippen LogP contribution < -0.4 is 5.32 Å². The van der Waals surface area contributed by atoms with Crippen molar-refractivity contribution < 1.29 is 9.53 Å². The summed E-state index contributed by atoms with van der Waals surface area (Å²) in [7, 11) is 1.37. The van der Waals surface area contributed by atoms with E-state index in [0.29, 0.717) is 18.8 Å². The van der Waals surface area contributed by atoms with Gasteiger partial charge in [0.1, 0.15) is 5.82 Å². The molecular weight excluding hydrogens is 206 g/mol. The van der Waals surface area contributed by atoms with Crippen molar-refractivity contribution in [3.05, 3.63) is 22.8 Å². The smallest absolute Gasteiger partial charge is 0.357 e. The van der Waals surface area contributed by atoms with Crippen molar-refractivity contribution in [2.75, 3.05) is 7.11 Å². The molecule has 0 saturated carbocycles. The van der Waals surface area contributed by atoms with Gasteiger partial charge in [0.2, 0.25) is 0 Å². The highest BCUT2D eigenvalue weighted by molar-refractivity contribution is 5.89. The molecule has 0 aliphatic carbocycles. The van der Waals surface area contributed by atoms with E-state index in [4.69, 9.17) is 4.74 Å². The fourth-order valence-electron chi connectivity index (χ4n) is 1.82. The number of carbonyl (C=O) groups excluding carboxylic acids is 1. The molecule has 1 aromatic heterocycles. The molecule has 0 spiro atoms. The highest BCUT2D eigenvalue weighted by atomic mass is 16.5. The van der Waals surface area contributed by atoms with Crippen molar-refractivity contribution in [2.45, 2.75) is 32.9 Å². The topological polar surface area (TPSA) is 64.1 Å². The molecule has 0 saturated heterocycles. The van der Waals surface area contributed by atoms with Crippen LogP contribution in [0.1, 0.15) is 40.9 Å². The van der Waals surface area contributed by atoms with E-state index in [1.165, 1.54) is 7.11 Å². The Morgan fingerprint density at radius 3 is 2.94 bits per heavy atom. The molecule has 86 valence electrons. The van der Waals surface area contributed by atoms with E-state index < -0.39 is 0 Å². The van der Waals surface area contributed by atoms with Crippen LogP contribution in [0.2, 0.25) is 0 Å². The predicted octanol–water partition coefficient (Wildman–Crippen LogP) is 0.819. The van der Waals surface area contributed by atoms with Gasteiger partial charge in [0, 0.05) is 25.1 Å². The third-order valence-corrected chi connectivity index (χ3v) is 2.59. The third kappa shape index (κ3) is 1.90. The Labute approximate surface area is 94.2 Å². The van der Waals surface area contributed by atoms with E-state index in [1.807, 2.05) is 0 Å². The molecule has 2 heterocycles. The van der Waals surface area contributed by atoms with Crippen LogP contribution in [0.3, 0.4) is 0 Å². The second kappa shape index (κ2) is 4.57. The standard InChI is InChI=1S/C11H15N3O2/c1-3-4-9-13-8-6-12-5-7(8)10(14-9)11(15)16-2/h12H,3-6H2,1-2H3. The summed E-state index contributed by atoms with van der Waals surface area (Å²) < 4.78 is 4.74. The molecule has 1 aliphatic heterocycles. The number of ether oxygens (including phenoxy) is 1. The largest absolute Gasteiger partial charge is 0.464 e. The van der Waals surface area contributed by atoms with E-state index in [9.17, 15) is 4.79 Å². The third-order valence-electron chi connectivity index (χ3n) is 2.59. The van der Waals surface area contributed by atoms with E-state index in [0.717, 1.165) is 29.9 Å². The molecule has 1 N–H and O–H groups in total. The minimum Gasteiger partial charge on any atom is -0.464 e. The molecule has 5 heteroatoms. The minimum atomic E-state index is -0.375. The van der Waals surface area contributed by atoms with Crippen LogP contribution in [0.15, 0.2) is 0 Å². The number of methoxy groups -OCH3 is 1. The van der Waals surface area contributed by atoms with Crippen molar-refractivity contribution in [3.8, 4) is 0 Å². The number of esters is 1. The number of nitrogens with zero attached hydrogens (tertiary/aromatic N) is 2. The Balaban J connectivity index is 2.45. The first kappa shape index (κ1) is 11.0. The van der Waals surface area contributed by atoms with E-state index in [1.54, 1.807) is 0 Å². The van der Waals surface area contributed by atoms with Crippen LogP contribution in [0.25, 0.3) is 0 Å². The number of aromatic nitrogens is 2. The molecular formula is C11H15N3O2. The summed E-state index contributed by atoms with van der Waals surface area (Å²) >= 11 is 0. The second-order valence-electron chi connectivity index (χ2n) is 3.76. The maximum Gasteiger partial charge on any atom is 0.357 e. The summed E-state index contributed by atoms with van der Waals surface area (Å²) in [6, 6.07) is 0. The summed E-state index contributed by atoms with van der Waals surface area (Å²) in [6.07, 6.45) is 1.75. The predicted molar refractivity (Wildman–Crippen MR) is 57.9 cm³/mol. The Bertz CT molecular complexity index is 418. The lowest BCUT2D eigenvalue weighted by molar-refractivity contribution is 0.0592. The van der Waals surface area contributed by atoms with Crippen molar-refractivity contribution in [1.29, 1.82) is 0 Å². The number of rotatable bonds is 3. The van der Waals surface area contributed by atoms with Crippen molar-refractivity contribution in [3.63, 3.8) is 0 Å². The molecule has 16 heavy (non-hydrogen) atoms. The Hall–Kier alpha value is -1.49. The van der Waals surface area contributed by atoms with Crippen LogP contribution in [0.5, 0.6) is 0 Å². The van der Waals surface area contributed by atoms with Gasteiger partial charge in [-0.15, -0.1) is 0 Å². The summed E-state index contributed by atoms with van der Waals surface area (Å²) in [5.74, 6) is 0.352. The summed E-state index contributed by atoms with van der Waals surface area (Å²) in [5.41, 5.74) is 2.23. The van der Waals surface area contributed by atoms with E-state index in [2.05, 4.69) is 22.2 Å². The minimum absolute atomic E-state index is 0.375. The van der Waals surface area contributed by atoms with Gasteiger partial charge in [0.15, 0.2) is 5.69 Å². The van der Waals surface area contributed by atoms with Crippen LogP contribution in [0.4, 0.5) is 0 Å². The zero-order chi connectivity index (χ0) is 11.5. The number of carbonyl (C=O) groups is 1. The van der Waals surface area contributed by atoms with Gasteiger partial charge in [-0.3, -0.25) is 0 Å². The number of fused-ring (bicyclic) bond motifs is 1. The Morgan fingerprint density at radius 2 is 2.25 bits per heavy atom. The molecule has 0 atom stereocenters. The molecule has 0 bridgehead atoms. The fraction of sp³-hybridized carbons (Fsp3) is 0.545. The van der Waals surface area contributed by atoms with Crippen LogP contribution in [0, 0.1) is 0 Å². The number of hydrogen-bond donors (Lipinski definition) is 1. The van der Waals surface area contributed by atoms with Crippen molar-refractivity contribution >= 4 is 5.97 Å². The lowest BCUT2D eigenvalue weighted by atomic mass is 10.1. The van der Waals surface area contributed by atoms with Gasteiger partial charge in [-0.1, -0.05) is 6.92 Å². The van der Waals surface area contributed by atoms with Crippen LogP contribution in [-0.4, -0.2) is 23.0 Å². The normalized spacial score (nSPS) is 13.6. The molecule has 2 rings (SSSR count). The number of nitrogens with one attached hydrogen (secondary N) is 1. The zero-order valence-corrected chi connectivity index (χ0v) is 9.54. The average Bonchev–Trinajstić information content (AvgIpc) is 2.75. The second-order valence-corrected chi connectivity index (χ2v) is 3.76.